The Balaban J connectivity index is 5.21. The van der Waals surface area contributed by atoms with Gasteiger partial charge in [-0.25, -0.2) is 0 Å². The summed E-state index contributed by atoms with van der Waals surface area (Å²) in [6, 6.07) is 0. The quantitative estimate of drug-likeness (QED) is 0.438. The van der Waals surface area contributed by atoms with Crippen molar-refractivity contribution in [1.29, 1.82) is 0 Å². The van der Waals surface area contributed by atoms with Crippen molar-refractivity contribution in [3.63, 3.8) is 0 Å². The van der Waals surface area contributed by atoms with Crippen molar-refractivity contribution in [2.45, 2.75) is 47.5 Å². The Morgan fingerprint density at radius 2 is 1.80 bits per heavy atom. The van der Waals surface area contributed by atoms with Crippen molar-refractivity contribution >= 4 is 0 Å². The summed E-state index contributed by atoms with van der Waals surface area (Å²) in [5.74, 6) is 0.557. The third-order valence-corrected chi connectivity index (χ3v) is 2.86. The molecule has 0 nitrogen and oxygen atoms in total. The summed E-state index contributed by atoms with van der Waals surface area (Å²) >= 11 is 0. The van der Waals surface area contributed by atoms with E-state index in [1.807, 2.05) is 6.08 Å². The van der Waals surface area contributed by atoms with Gasteiger partial charge in [0.25, 0.3) is 0 Å². The van der Waals surface area contributed by atoms with Gasteiger partial charge in [0.2, 0.25) is 0 Å². The van der Waals surface area contributed by atoms with Crippen LogP contribution in [0, 0.1) is 5.92 Å². The molecule has 0 aliphatic carbocycles. The minimum absolute atomic E-state index is 0.557. The fourth-order valence-corrected chi connectivity index (χ4v) is 1.85. The smallest absolute Gasteiger partial charge is 0.00258 e. The van der Waals surface area contributed by atoms with E-state index in [0.717, 1.165) is 18.4 Å². The van der Waals surface area contributed by atoms with Gasteiger partial charge in [-0.1, -0.05) is 81.5 Å². The summed E-state index contributed by atoms with van der Waals surface area (Å²) in [4.78, 5) is 0. The van der Waals surface area contributed by atoms with Crippen molar-refractivity contribution in [1.82, 2.24) is 0 Å². The van der Waals surface area contributed by atoms with Crippen molar-refractivity contribution in [2.75, 3.05) is 0 Å². The van der Waals surface area contributed by atoms with Gasteiger partial charge in [-0.3, -0.25) is 0 Å². The largest absolute Gasteiger partial charge is 0.0991 e. The highest BCUT2D eigenvalue weighted by Gasteiger charge is 2.05. The predicted octanol–water partition coefficient (Wildman–Crippen LogP) is 6.56. The summed E-state index contributed by atoms with van der Waals surface area (Å²) in [5.41, 5.74) is 5.04. The lowest BCUT2D eigenvalue weighted by Crippen LogP contribution is -1.92. The number of allylic oxidation sites excluding steroid dienone is 10. The topological polar surface area (TPSA) is 0 Å². The van der Waals surface area contributed by atoms with Crippen molar-refractivity contribution in [3.8, 4) is 0 Å². The molecule has 0 bridgehead atoms. The summed E-state index contributed by atoms with van der Waals surface area (Å²) in [6.07, 6.45) is 14.6. The maximum absolute atomic E-state index is 4.16. The summed E-state index contributed by atoms with van der Waals surface area (Å²) in [6.45, 7) is 18.8. The molecule has 0 saturated heterocycles. The van der Waals surface area contributed by atoms with Gasteiger partial charge in [0.05, 0.1) is 0 Å². The average Bonchev–Trinajstić information content (AvgIpc) is 2.36. The summed E-state index contributed by atoms with van der Waals surface area (Å²) in [5, 5.41) is 0. The van der Waals surface area contributed by atoms with Crippen LogP contribution in [0.3, 0.4) is 0 Å². The minimum atomic E-state index is 0.557. The molecule has 0 aliphatic rings. The van der Waals surface area contributed by atoms with E-state index >= 15 is 0 Å². The minimum Gasteiger partial charge on any atom is -0.0991 e. The SMILES string of the molecule is C=C/C=C(/CC(=C)/C=C\C(C)C)C(/C=C\CC)=C(C)C. The molecule has 20 heavy (non-hydrogen) atoms. The van der Waals surface area contributed by atoms with E-state index < -0.39 is 0 Å². The molecule has 110 valence electrons. The van der Waals surface area contributed by atoms with Crippen LogP contribution in [0.25, 0.3) is 0 Å². The second-order valence-corrected chi connectivity index (χ2v) is 5.59. The molecule has 0 fully saturated rings. The van der Waals surface area contributed by atoms with Crippen molar-refractivity contribution in [2.24, 2.45) is 5.92 Å². The second kappa shape index (κ2) is 10.3. The molecule has 0 heteroatoms. The molecule has 0 saturated carbocycles. The van der Waals surface area contributed by atoms with Gasteiger partial charge in [0.15, 0.2) is 0 Å². The second-order valence-electron chi connectivity index (χ2n) is 5.59. The maximum Gasteiger partial charge on any atom is -0.00258 e. The number of hydrogen-bond acceptors (Lipinski definition) is 0. The first-order chi connectivity index (χ1) is 9.42. The highest BCUT2D eigenvalue weighted by Crippen LogP contribution is 2.24. The highest BCUT2D eigenvalue weighted by atomic mass is 14.1. The normalized spacial score (nSPS) is 12.4. The molecular formula is C20H30. The van der Waals surface area contributed by atoms with Crippen LogP contribution in [0.4, 0.5) is 0 Å². The molecule has 0 rings (SSSR count). The van der Waals surface area contributed by atoms with Crippen LogP contribution in [0.5, 0.6) is 0 Å². The van der Waals surface area contributed by atoms with Crippen molar-refractivity contribution < 1.29 is 0 Å². The molecule has 0 atom stereocenters. The van der Waals surface area contributed by atoms with Gasteiger partial charge in [-0.05, 0) is 43.8 Å². The molecule has 0 aromatic heterocycles. The fourth-order valence-electron chi connectivity index (χ4n) is 1.85. The van der Waals surface area contributed by atoms with Crippen LogP contribution < -0.4 is 0 Å². The lowest BCUT2D eigenvalue weighted by molar-refractivity contribution is 0.830. The monoisotopic (exact) mass is 270 g/mol. The van der Waals surface area contributed by atoms with E-state index in [0.29, 0.717) is 5.92 Å². The maximum atomic E-state index is 4.16. The van der Waals surface area contributed by atoms with Crippen LogP contribution >= 0.6 is 0 Å². The molecule has 0 spiro atoms. The van der Waals surface area contributed by atoms with Crippen LogP contribution in [0.2, 0.25) is 0 Å². The van der Waals surface area contributed by atoms with Gasteiger partial charge in [0.1, 0.15) is 0 Å². The molecule has 0 heterocycles. The Kier molecular flexibility index (Phi) is 9.45. The van der Waals surface area contributed by atoms with Gasteiger partial charge in [-0.2, -0.15) is 0 Å². The zero-order valence-corrected chi connectivity index (χ0v) is 13.9. The Bertz CT molecular complexity index is 433. The number of hydrogen-bond donors (Lipinski definition) is 0. The first-order valence-electron chi connectivity index (χ1n) is 7.44. The molecule has 0 unspecified atom stereocenters. The summed E-state index contributed by atoms with van der Waals surface area (Å²) < 4.78 is 0. The van der Waals surface area contributed by atoms with E-state index in [1.165, 1.54) is 16.7 Å². The van der Waals surface area contributed by atoms with E-state index in [4.69, 9.17) is 0 Å². The van der Waals surface area contributed by atoms with E-state index in [9.17, 15) is 0 Å². The van der Waals surface area contributed by atoms with Crippen LogP contribution in [-0.4, -0.2) is 0 Å². The van der Waals surface area contributed by atoms with Gasteiger partial charge < -0.3 is 0 Å². The Hall–Kier alpha value is -1.56. The van der Waals surface area contributed by atoms with Gasteiger partial charge in [0, 0.05) is 0 Å². The summed E-state index contributed by atoms with van der Waals surface area (Å²) in [7, 11) is 0. The van der Waals surface area contributed by atoms with Crippen molar-refractivity contribution in [3.05, 3.63) is 71.9 Å². The lowest BCUT2D eigenvalue weighted by atomic mass is 9.94. The molecular weight excluding hydrogens is 240 g/mol. The third kappa shape index (κ3) is 7.78. The average molecular weight is 270 g/mol. The molecule has 0 N–H and O–H groups in total. The Morgan fingerprint density at radius 3 is 2.25 bits per heavy atom. The van der Waals surface area contributed by atoms with E-state index in [-0.39, 0.29) is 0 Å². The van der Waals surface area contributed by atoms with Gasteiger partial charge in [-0.15, -0.1) is 0 Å². The first-order valence-corrected chi connectivity index (χ1v) is 7.44. The van der Waals surface area contributed by atoms with Crippen LogP contribution in [0.15, 0.2) is 71.9 Å². The Labute approximate surface area is 126 Å². The van der Waals surface area contributed by atoms with E-state index in [1.54, 1.807) is 0 Å². The predicted molar refractivity (Wildman–Crippen MR) is 93.8 cm³/mol. The zero-order chi connectivity index (χ0) is 15.5. The third-order valence-electron chi connectivity index (χ3n) is 2.86. The molecule has 0 aliphatic heterocycles. The molecule has 0 radical (unpaired) electrons. The lowest BCUT2D eigenvalue weighted by Gasteiger charge is -2.11. The highest BCUT2D eigenvalue weighted by molar-refractivity contribution is 5.46. The van der Waals surface area contributed by atoms with Gasteiger partial charge >= 0.3 is 0 Å². The van der Waals surface area contributed by atoms with Crippen LogP contribution in [0.1, 0.15) is 47.5 Å². The van der Waals surface area contributed by atoms with Crippen LogP contribution in [-0.2, 0) is 0 Å². The molecule has 0 aromatic carbocycles. The molecule has 0 aromatic rings. The standard InChI is InChI=1S/C20H30/c1-8-10-12-20(17(5)6)19(11-9-2)15-18(7)14-13-16(3)4/h9-14,16H,2,7-8,15H2,1,3-6H3/b12-10-,14-13-,19-11-. The fraction of sp³-hybridized carbons (Fsp3) is 0.400. The Morgan fingerprint density at radius 1 is 1.15 bits per heavy atom. The molecule has 0 amide bonds. The number of rotatable bonds is 8. The zero-order valence-electron chi connectivity index (χ0n) is 13.9. The first kappa shape index (κ1) is 18.4. The van der Waals surface area contributed by atoms with E-state index in [2.05, 4.69) is 78.2 Å².